The maximum absolute atomic E-state index is 12.7. The van der Waals surface area contributed by atoms with E-state index in [1.165, 1.54) is 6.07 Å². The fourth-order valence-corrected chi connectivity index (χ4v) is 2.11. The highest BCUT2D eigenvalue weighted by molar-refractivity contribution is 5.99. The summed E-state index contributed by atoms with van der Waals surface area (Å²) in [5, 5.41) is 9.16. The molecule has 130 valence electrons. The number of halogens is 3. The first-order valence-electron chi connectivity index (χ1n) is 7.32. The van der Waals surface area contributed by atoms with Gasteiger partial charge in [-0.25, -0.2) is 0 Å². The highest BCUT2D eigenvalue weighted by Crippen LogP contribution is 2.32. The lowest BCUT2D eigenvalue weighted by atomic mass is 10.1. The molecule has 2 aromatic rings. The van der Waals surface area contributed by atoms with Crippen LogP contribution in [-0.4, -0.2) is 28.7 Å². The van der Waals surface area contributed by atoms with E-state index in [4.69, 9.17) is 4.74 Å². The number of benzene rings is 1. The minimum absolute atomic E-state index is 0.0772. The van der Waals surface area contributed by atoms with E-state index < -0.39 is 11.7 Å². The van der Waals surface area contributed by atoms with Gasteiger partial charge in [-0.2, -0.15) is 18.3 Å². The number of fused-ring (bicyclic) bond motifs is 1. The third-order valence-electron chi connectivity index (χ3n) is 3.24. The van der Waals surface area contributed by atoms with Crippen molar-refractivity contribution in [3.05, 3.63) is 23.8 Å². The summed E-state index contributed by atoms with van der Waals surface area (Å²) in [4.78, 5) is 23.0. The number of H-pyrrole nitrogens is 1. The molecule has 9 heteroatoms. The molecule has 0 spiro atoms. The van der Waals surface area contributed by atoms with E-state index in [1.807, 2.05) is 0 Å². The van der Waals surface area contributed by atoms with Crippen molar-refractivity contribution in [3.63, 3.8) is 0 Å². The minimum atomic E-state index is -4.45. The van der Waals surface area contributed by atoms with Gasteiger partial charge >= 0.3 is 12.1 Å². The van der Waals surface area contributed by atoms with Crippen molar-refractivity contribution in [2.75, 3.05) is 11.9 Å². The number of esters is 1. The number of anilines is 1. The summed E-state index contributed by atoms with van der Waals surface area (Å²) in [6.07, 6.45) is -3.94. The van der Waals surface area contributed by atoms with Crippen molar-refractivity contribution in [2.45, 2.75) is 32.4 Å². The molecule has 0 atom stereocenters. The van der Waals surface area contributed by atoms with Gasteiger partial charge in [0.25, 0.3) is 0 Å². The van der Waals surface area contributed by atoms with Crippen molar-refractivity contribution in [2.24, 2.45) is 0 Å². The van der Waals surface area contributed by atoms with E-state index in [0.717, 1.165) is 12.1 Å². The second-order valence-corrected chi connectivity index (χ2v) is 5.04. The fraction of sp³-hybridized carbons (Fsp3) is 0.400. The van der Waals surface area contributed by atoms with Gasteiger partial charge < -0.3 is 10.1 Å². The monoisotopic (exact) mass is 343 g/mol. The van der Waals surface area contributed by atoms with Crippen LogP contribution in [0.2, 0.25) is 0 Å². The third-order valence-corrected chi connectivity index (χ3v) is 3.24. The van der Waals surface area contributed by atoms with E-state index in [-0.39, 0.29) is 42.7 Å². The molecule has 2 rings (SSSR count). The number of carbonyl (C=O) groups excluding carboxylic acids is 2. The van der Waals surface area contributed by atoms with Crippen LogP contribution in [0, 0.1) is 0 Å². The molecule has 1 aromatic carbocycles. The summed E-state index contributed by atoms with van der Waals surface area (Å²) in [7, 11) is 0. The predicted octanol–water partition coefficient (Wildman–Crippen LogP) is 3.25. The molecule has 0 saturated carbocycles. The Morgan fingerprint density at radius 1 is 1.29 bits per heavy atom. The van der Waals surface area contributed by atoms with Crippen LogP contribution in [0.4, 0.5) is 19.0 Å². The summed E-state index contributed by atoms with van der Waals surface area (Å²) in [6, 6.07) is 3.10. The molecule has 0 unspecified atom stereocenters. The Bertz CT molecular complexity index is 740. The number of hydrogen-bond donors (Lipinski definition) is 2. The summed E-state index contributed by atoms with van der Waals surface area (Å²) < 4.78 is 42.7. The first-order chi connectivity index (χ1) is 11.3. The van der Waals surface area contributed by atoms with Crippen LogP contribution >= 0.6 is 0 Å². The van der Waals surface area contributed by atoms with Crippen LogP contribution in [0.25, 0.3) is 10.9 Å². The van der Waals surface area contributed by atoms with Gasteiger partial charge in [0.2, 0.25) is 5.91 Å². The molecule has 2 N–H and O–H groups in total. The quantitative estimate of drug-likeness (QED) is 0.789. The Balaban J connectivity index is 1.98. The molecule has 0 aliphatic rings. The minimum Gasteiger partial charge on any atom is -0.466 e. The average Bonchev–Trinajstić information content (AvgIpc) is 2.89. The van der Waals surface area contributed by atoms with E-state index >= 15 is 0 Å². The molecule has 0 radical (unpaired) electrons. The molecule has 1 aromatic heterocycles. The zero-order chi connectivity index (χ0) is 17.7. The van der Waals surface area contributed by atoms with Gasteiger partial charge in [0.05, 0.1) is 17.7 Å². The highest BCUT2D eigenvalue weighted by atomic mass is 19.4. The van der Waals surface area contributed by atoms with Crippen LogP contribution in [0.3, 0.4) is 0 Å². The summed E-state index contributed by atoms with van der Waals surface area (Å²) in [6.45, 7) is 1.97. The molecule has 0 fully saturated rings. The van der Waals surface area contributed by atoms with Gasteiger partial charge in [-0.3, -0.25) is 14.7 Å². The second-order valence-electron chi connectivity index (χ2n) is 5.04. The number of nitrogens with zero attached hydrogens (tertiary/aromatic N) is 1. The zero-order valence-corrected chi connectivity index (χ0v) is 12.9. The number of nitrogens with one attached hydrogen (secondary N) is 2. The molecule has 24 heavy (non-hydrogen) atoms. The Morgan fingerprint density at radius 2 is 2.04 bits per heavy atom. The molecule has 0 saturated heterocycles. The molecular formula is C15H16F3N3O3. The van der Waals surface area contributed by atoms with Gasteiger partial charge in [0.1, 0.15) is 0 Å². The standard InChI is InChI=1S/C15H16F3N3O3/c1-2-24-13(23)5-3-4-12(22)19-14-10-7-6-9(15(16,17)18)8-11(10)20-21-14/h6-8H,2-5H2,1H3,(H2,19,20,21,22). The fourth-order valence-electron chi connectivity index (χ4n) is 2.11. The number of carbonyl (C=O) groups is 2. The molecule has 6 nitrogen and oxygen atoms in total. The van der Waals surface area contributed by atoms with Gasteiger partial charge in [-0.05, 0) is 31.5 Å². The lowest BCUT2D eigenvalue weighted by molar-refractivity contribution is -0.143. The number of aromatic amines is 1. The van der Waals surface area contributed by atoms with Gasteiger partial charge in [0.15, 0.2) is 5.82 Å². The van der Waals surface area contributed by atoms with Crippen molar-refractivity contribution < 1.29 is 27.5 Å². The van der Waals surface area contributed by atoms with E-state index in [9.17, 15) is 22.8 Å². The van der Waals surface area contributed by atoms with Gasteiger partial charge in [0, 0.05) is 18.2 Å². The van der Waals surface area contributed by atoms with Gasteiger partial charge in [-0.15, -0.1) is 0 Å². The first kappa shape index (κ1) is 17.8. The van der Waals surface area contributed by atoms with Gasteiger partial charge in [-0.1, -0.05) is 0 Å². The van der Waals surface area contributed by atoms with Crippen molar-refractivity contribution >= 4 is 28.6 Å². The number of amides is 1. The molecule has 1 amide bonds. The number of alkyl halides is 3. The largest absolute Gasteiger partial charge is 0.466 e. The average molecular weight is 343 g/mol. The number of hydrogen-bond acceptors (Lipinski definition) is 4. The molecule has 0 bridgehead atoms. The zero-order valence-electron chi connectivity index (χ0n) is 12.9. The predicted molar refractivity (Wildman–Crippen MR) is 80.2 cm³/mol. The Morgan fingerprint density at radius 3 is 2.71 bits per heavy atom. The summed E-state index contributed by atoms with van der Waals surface area (Å²) >= 11 is 0. The number of ether oxygens (including phenoxy) is 1. The van der Waals surface area contributed by atoms with Crippen LogP contribution in [-0.2, 0) is 20.5 Å². The molecule has 0 aliphatic heterocycles. The van der Waals surface area contributed by atoms with Crippen molar-refractivity contribution in [1.29, 1.82) is 0 Å². The van der Waals surface area contributed by atoms with Crippen LogP contribution in [0.5, 0.6) is 0 Å². The molecule has 0 aliphatic carbocycles. The third kappa shape index (κ3) is 4.46. The second kappa shape index (κ2) is 7.33. The number of aromatic nitrogens is 2. The SMILES string of the molecule is CCOC(=O)CCCC(=O)Nc1n[nH]c2cc(C(F)(F)F)ccc12. The van der Waals surface area contributed by atoms with Crippen LogP contribution in [0.1, 0.15) is 31.7 Å². The maximum atomic E-state index is 12.7. The highest BCUT2D eigenvalue weighted by Gasteiger charge is 2.30. The Hall–Kier alpha value is -2.58. The smallest absolute Gasteiger partial charge is 0.416 e. The lowest BCUT2D eigenvalue weighted by Crippen LogP contribution is -2.13. The Kier molecular flexibility index (Phi) is 5.42. The van der Waals surface area contributed by atoms with Crippen molar-refractivity contribution in [1.82, 2.24) is 10.2 Å². The molecule has 1 heterocycles. The topological polar surface area (TPSA) is 84.1 Å². The van der Waals surface area contributed by atoms with E-state index in [2.05, 4.69) is 15.5 Å². The summed E-state index contributed by atoms with van der Waals surface area (Å²) in [5.74, 6) is -0.609. The Labute approximate surface area is 135 Å². The number of rotatable bonds is 6. The maximum Gasteiger partial charge on any atom is 0.416 e. The van der Waals surface area contributed by atoms with Crippen molar-refractivity contribution in [3.8, 4) is 0 Å². The first-order valence-corrected chi connectivity index (χ1v) is 7.32. The normalized spacial score (nSPS) is 11.5. The van der Waals surface area contributed by atoms with Crippen LogP contribution in [0.15, 0.2) is 18.2 Å². The molecular weight excluding hydrogens is 327 g/mol. The summed E-state index contributed by atoms with van der Waals surface area (Å²) in [5.41, 5.74) is -0.627. The van der Waals surface area contributed by atoms with Crippen LogP contribution < -0.4 is 5.32 Å². The van der Waals surface area contributed by atoms with E-state index in [0.29, 0.717) is 11.8 Å². The lowest BCUT2D eigenvalue weighted by Gasteiger charge is -2.06. The van der Waals surface area contributed by atoms with E-state index in [1.54, 1.807) is 6.92 Å².